The molecule has 1 aliphatic rings. The van der Waals surface area contributed by atoms with Crippen LogP contribution in [-0.2, 0) is 0 Å². The molecule has 0 atom stereocenters. The van der Waals surface area contributed by atoms with Crippen LogP contribution in [0.25, 0.3) is 0 Å². The molecule has 0 aromatic carbocycles. The van der Waals surface area contributed by atoms with Crippen molar-refractivity contribution in [3.63, 3.8) is 0 Å². The van der Waals surface area contributed by atoms with Gasteiger partial charge in [-0.25, -0.2) is 0 Å². The van der Waals surface area contributed by atoms with Crippen LogP contribution in [0.3, 0.4) is 0 Å². The molecule has 4 heteroatoms. The minimum absolute atomic E-state index is 0.267. The van der Waals surface area contributed by atoms with E-state index in [0.29, 0.717) is 0 Å². The molecule has 1 N–H and O–H groups in total. The fourth-order valence-corrected chi connectivity index (χ4v) is 2.68. The van der Waals surface area contributed by atoms with E-state index >= 15 is 0 Å². The average Bonchev–Trinajstić information content (AvgIpc) is 2.40. The zero-order chi connectivity index (χ0) is 15.7. The lowest BCUT2D eigenvalue weighted by molar-refractivity contribution is 0.124. The normalized spacial score (nSPS) is 18.6. The van der Waals surface area contributed by atoms with Crippen molar-refractivity contribution in [2.75, 3.05) is 66.5 Å². The maximum atomic E-state index is 3.56. The van der Waals surface area contributed by atoms with Crippen LogP contribution in [0.1, 0.15) is 40.0 Å². The van der Waals surface area contributed by atoms with Gasteiger partial charge in [-0.3, -0.25) is 4.90 Å². The van der Waals surface area contributed by atoms with Crippen LogP contribution in [0.2, 0.25) is 0 Å². The molecule has 0 unspecified atom stereocenters. The van der Waals surface area contributed by atoms with Gasteiger partial charge < -0.3 is 15.1 Å². The molecule has 0 bridgehead atoms. The summed E-state index contributed by atoms with van der Waals surface area (Å²) < 4.78 is 0. The number of unbranched alkanes of at least 4 members (excludes halogenated alkanes) is 2. The van der Waals surface area contributed by atoms with Crippen molar-refractivity contribution in [2.45, 2.75) is 45.6 Å². The average molecular weight is 299 g/mol. The van der Waals surface area contributed by atoms with E-state index in [1.807, 2.05) is 0 Å². The summed E-state index contributed by atoms with van der Waals surface area (Å²) in [5, 5.41) is 3.56. The first-order chi connectivity index (χ1) is 9.87. The van der Waals surface area contributed by atoms with Crippen molar-refractivity contribution in [3.05, 3.63) is 0 Å². The van der Waals surface area contributed by atoms with Crippen LogP contribution in [0.5, 0.6) is 0 Å². The van der Waals surface area contributed by atoms with Crippen LogP contribution in [0, 0.1) is 0 Å². The van der Waals surface area contributed by atoms with E-state index < -0.39 is 0 Å². The zero-order valence-electron chi connectivity index (χ0n) is 15.1. The molecule has 0 spiro atoms. The molecule has 21 heavy (non-hydrogen) atoms. The summed E-state index contributed by atoms with van der Waals surface area (Å²) in [5.74, 6) is 0. The highest BCUT2D eigenvalue weighted by Gasteiger charge is 2.16. The van der Waals surface area contributed by atoms with Crippen molar-refractivity contribution in [1.29, 1.82) is 0 Å². The number of piperazine rings is 1. The Kier molecular flexibility index (Phi) is 8.79. The molecule has 1 aliphatic heterocycles. The van der Waals surface area contributed by atoms with Crippen molar-refractivity contribution in [1.82, 2.24) is 20.0 Å². The topological polar surface area (TPSA) is 21.8 Å². The monoisotopic (exact) mass is 298 g/mol. The van der Waals surface area contributed by atoms with Crippen LogP contribution < -0.4 is 5.32 Å². The van der Waals surface area contributed by atoms with Gasteiger partial charge in [0, 0.05) is 44.8 Å². The summed E-state index contributed by atoms with van der Waals surface area (Å²) in [6.45, 7) is 16.6. The predicted molar refractivity (Wildman–Crippen MR) is 93.0 cm³/mol. The van der Waals surface area contributed by atoms with Gasteiger partial charge in [0.05, 0.1) is 0 Å². The Bertz CT molecular complexity index is 252. The van der Waals surface area contributed by atoms with Gasteiger partial charge in [0.15, 0.2) is 0 Å². The minimum atomic E-state index is 0.267. The van der Waals surface area contributed by atoms with Crippen LogP contribution in [0.4, 0.5) is 0 Å². The molecule has 4 nitrogen and oxygen atoms in total. The summed E-state index contributed by atoms with van der Waals surface area (Å²) >= 11 is 0. The van der Waals surface area contributed by atoms with E-state index in [1.54, 1.807) is 0 Å². The Balaban J connectivity index is 1.96. The van der Waals surface area contributed by atoms with Gasteiger partial charge in [0.2, 0.25) is 0 Å². The molecule has 1 heterocycles. The highest BCUT2D eigenvalue weighted by molar-refractivity contribution is 4.73. The number of likely N-dealkylation sites (N-methyl/N-ethyl adjacent to an activating group) is 1. The SMILES string of the molecule is CN(C)CCN1CCN(CCCCCNC(C)(C)C)CC1. The molecular formula is C17H38N4. The van der Waals surface area contributed by atoms with Gasteiger partial charge in [-0.1, -0.05) is 6.42 Å². The summed E-state index contributed by atoms with van der Waals surface area (Å²) in [4.78, 5) is 7.52. The van der Waals surface area contributed by atoms with Crippen LogP contribution >= 0.6 is 0 Å². The number of hydrogen-bond donors (Lipinski definition) is 1. The maximum absolute atomic E-state index is 3.56. The lowest BCUT2D eigenvalue weighted by Gasteiger charge is -2.35. The Morgan fingerprint density at radius 1 is 0.857 bits per heavy atom. The molecule has 1 saturated heterocycles. The van der Waals surface area contributed by atoms with Gasteiger partial charge in [-0.05, 0) is 60.8 Å². The second-order valence-electron chi connectivity index (χ2n) is 7.72. The molecule has 126 valence electrons. The van der Waals surface area contributed by atoms with Crippen molar-refractivity contribution in [2.24, 2.45) is 0 Å². The molecule has 0 saturated carbocycles. The third-order valence-corrected chi connectivity index (χ3v) is 4.13. The molecule has 0 aliphatic carbocycles. The maximum Gasteiger partial charge on any atom is 0.0110 e. The largest absolute Gasteiger partial charge is 0.312 e. The highest BCUT2D eigenvalue weighted by Crippen LogP contribution is 2.05. The second kappa shape index (κ2) is 9.78. The van der Waals surface area contributed by atoms with E-state index in [-0.39, 0.29) is 5.54 Å². The molecule has 0 aromatic rings. The highest BCUT2D eigenvalue weighted by atomic mass is 15.3. The molecular weight excluding hydrogens is 260 g/mol. The Morgan fingerprint density at radius 3 is 1.95 bits per heavy atom. The number of rotatable bonds is 9. The molecule has 1 rings (SSSR count). The first-order valence-electron chi connectivity index (χ1n) is 8.71. The minimum Gasteiger partial charge on any atom is -0.312 e. The van der Waals surface area contributed by atoms with Crippen LogP contribution in [0.15, 0.2) is 0 Å². The molecule has 1 fully saturated rings. The standard InChI is InChI=1S/C17H38N4/c1-17(2,3)18-9-7-6-8-10-20-13-15-21(16-14-20)12-11-19(4)5/h18H,6-16H2,1-5H3. The van der Waals surface area contributed by atoms with Gasteiger partial charge in [0.1, 0.15) is 0 Å². The fraction of sp³-hybridized carbons (Fsp3) is 1.00. The zero-order valence-corrected chi connectivity index (χ0v) is 15.1. The van der Waals surface area contributed by atoms with Crippen molar-refractivity contribution >= 4 is 0 Å². The first-order valence-corrected chi connectivity index (χ1v) is 8.71. The lowest BCUT2D eigenvalue weighted by Crippen LogP contribution is -2.48. The third-order valence-electron chi connectivity index (χ3n) is 4.13. The van der Waals surface area contributed by atoms with E-state index in [9.17, 15) is 0 Å². The summed E-state index contributed by atoms with van der Waals surface area (Å²) in [6.07, 6.45) is 4.01. The quantitative estimate of drug-likeness (QED) is 0.654. The van der Waals surface area contributed by atoms with E-state index in [0.717, 1.165) is 6.54 Å². The van der Waals surface area contributed by atoms with E-state index in [2.05, 4.69) is 54.9 Å². The molecule has 0 amide bonds. The van der Waals surface area contributed by atoms with Gasteiger partial charge in [-0.2, -0.15) is 0 Å². The number of nitrogens with zero attached hydrogens (tertiary/aromatic N) is 3. The van der Waals surface area contributed by atoms with Crippen molar-refractivity contribution in [3.8, 4) is 0 Å². The summed E-state index contributed by atoms with van der Waals surface area (Å²) in [7, 11) is 4.32. The smallest absolute Gasteiger partial charge is 0.0110 e. The summed E-state index contributed by atoms with van der Waals surface area (Å²) in [5.41, 5.74) is 0.267. The van der Waals surface area contributed by atoms with E-state index in [4.69, 9.17) is 0 Å². The number of hydrogen-bond acceptors (Lipinski definition) is 4. The predicted octanol–water partition coefficient (Wildman–Crippen LogP) is 1.72. The second-order valence-corrected chi connectivity index (χ2v) is 7.72. The Morgan fingerprint density at radius 2 is 1.43 bits per heavy atom. The first kappa shape index (κ1) is 18.9. The van der Waals surface area contributed by atoms with Gasteiger partial charge in [-0.15, -0.1) is 0 Å². The molecule has 0 radical (unpaired) electrons. The van der Waals surface area contributed by atoms with Gasteiger partial charge in [0.25, 0.3) is 0 Å². The Hall–Kier alpha value is -0.160. The lowest BCUT2D eigenvalue weighted by atomic mass is 10.1. The van der Waals surface area contributed by atoms with E-state index in [1.165, 1.54) is 65.1 Å². The van der Waals surface area contributed by atoms with Crippen LogP contribution in [-0.4, -0.2) is 86.7 Å². The fourth-order valence-electron chi connectivity index (χ4n) is 2.68. The van der Waals surface area contributed by atoms with Crippen molar-refractivity contribution < 1.29 is 0 Å². The number of nitrogens with one attached hydrogen (secondary N) is 1. The third kappa shape index (κ3) is 10.2. The molecule has 0 aromatic heterocycles. The Labute approximate surface area is 132 Å². The summed E-state index contributed by atoms with van der Waals surface area (Å²) in [6, 6.07) is 0. The van der Waals surface area contributed by atoms with Gasteiger partial charge >= 0.3 is 0 Å².